The third-order valence-electron chi connectivity index (χ3n) is 8.22. The van der Waals surface area contributed by atoms with Gasteiger partial charge in [0.2, 0.25) is 0 Å². The van der Waals surface area contributed by atoms with Crippen LogP contribution in [0.4, 0.5) is 0 Å². The normalized spacial score (nSPS) is 9.30. The van der Waals surface area contributed by atoms with Crippen LogP contribution in [0.1, 0.15) is 83.9 Å². The first-order valence-electron chi connectivity index (χ1n) is 19.7. The Balaban J connectivity index is 0.000000860. The zero-order valence-electron chi connectivity index (χ0n) is 36.6. The Morgan fingerprint density at radius 1 is 0.225 bits per heavy atom. The van der Waals surface area contributed by atoms with Crippen molar-refractivity contribution in [2.75, 3.05) is 0 Å². The van der Waals surface area contributed by atoms with E-state index in [0.717, 1.165) is 0 Å². The Kier molecular flexibility index (Phi) is 28.9. The van der Waals surface area contributed by atoms with Gasteiger partial charge in [0.25, 0.3) is 0 Å². The molecule has 0 spiro atoms. The van der Waals surface area contributed by atoms with Crippen LogP contribution in [0, 0.1) is 0 Å². The van der Waals surface area contributed by atoms with Crippen molar-refractivity contribution < 1.29 is 116 Å². The molecular formula is C50H35O20V. The van der Waals surface area contributed by atoms with E-state index in [1.54, 1.807) is 91.0 Å². The number of benzene rings is 5. The van der Waals surface area contributed by atoms with E-state index in [-0.39, 0.29) is 18.6 Å². The summed E-state index contributed by atoms with van der Waals surface area (Å²) in [6.07, 6.45) is -3.23. The van der Waals surface area contributed by atoms with Gasteiger partial charge in [0.05, 0.1) is 32.1 Å². The summed E-state index contributed by atoms with van der Waals surface area (Å²) in [6.45, 7) is 0. The average Bonchev–Trinajstić information content (AvgIpc) is 3.35. The molecule has 0 atom stereocenters. The SMILES string of the molecule is O=C([O-])C(=O)CC(=O)c1ccccc1.O=C([O-])C(=O)CC(=O)c1ccccc1.O=C([O-])C(=O)CC(=O)c1ccccc1.O=C([O-])C(=O)CC(=O)c1ccccc1.O=C([O-])C(=O)CC(=O)c1ccccc1.[V+5]. The van der Waals surface area contributed by atoms with Crippen molar-refractivity contribution in [2.45, 2.75) is 32.1 Å². The van der Waals surface area contributed by atoms with Crippen LogP contribution in [-0.4, -0.2) is 87.7 Å². The summed E-state index contributed by atoms with van der Waals surface area (Å²) in [5.74, 6) is -17.7. The minimum Gasteiger partial charge on any atom is -0.542 e. The molecule has 0 radical (unpaired) electrons. The Labute approximate surface area is 413 Å². The first kappa shape index (κ1) is 61.7. The van der Waals surface area contributed by atoms with Crippen molar-refractivity contribution >= 4 is 87.7 Å². The molecule has 0 aliphatic heterocycles. The topological polar surface area (TPSA) is 371 Å². The summed E-state index contributed by atoms with van der Waals surface area (Å²) in [5, 5.41) is 50.3. The van der Waals surface area contributed by atoms with Crippen molar-refractivity contribution in [1.82, 2.24) is 0 Å². The molecule has 0 saturated carbocycles. The van der Waals surface area contributed by atoms with Crippen LogP contribution in [0.2, 0.25) is 0 Å². The molecule has 5 aromatic carbocycles. The van der Waals surface area contributed by atoms with Gasteiger partial charge in [-0.3, -0.25) is 47.9 Å². The maximum atomic E-state index is 11.2. The van der Waals surface area contributed by atoms with E-state index in [9.17, 15) is 97.5 Å². The molecule has 0 bridgehead atoms. The second-order valence-corrected chi connectivity index (χ2v) is 13.4. The number of carboxylic acid groups (broad SMARTS) is 5. The summed E-state index contributed by atoms with van der Waals surface area (Å²) >= 11 is 0. The van der Waals surface area contributed by atoms with Crippen LogP contribution < -0.4 is 25.5 Å². The average molecular weight is 1010 g/mol. The largest absolute Gasteiger partial charge is 5.00 e. The van der Waals surface area contributed by atoms with E-state index < -0.39 is 120 Å². The molecule has 71 heavy (non-hydrogen) atoms. The molecule has 360 valence electrons. The number of hydrogen-bond acceptors (Lipinski definition) is 20. The number of carbonyl (C=O) groups excluding carboxylic acids is 15. The first-order valence-corrected chi connectivity index (χ1v) is 19.7. The van der Waals surface area contributed by atoms with Gasteiger partial charge in [-0.05, 0) is 0 Å². The fourth-order valence-corrected chi connectivity index (χ4v) is 4.72. The smallest absolute Gasteiger partial charge is 0.542 e. The third-order valence-corrected chi connectivity index (χ3v) is 8.22. The third kappa shape index (κ3) is 25.4. The second kappa shape index (κ2) is 33.2. The Hall–Kier alpha value is -9.27. The Morgan fingerprint density at radius 3 is 0.437 bits per heavy atom. The van der Waals surface area contributed by atoms with Crippen molar-refractivity contribution in [2.24, 2.45) is 0 Å². The van der Waals surface area contributed by atoms with Crippen molar-refractivity contribution in [3.05, 3.63) is 179 Å². The van der Waals surface area contributed by atoms with Gasteiger partial charge in [0.1, 0.15) is 29.8 Å². The molecule has 21 heteroatoms. The van der Waals surface area contributed by atoms with Crippen LogP contribution >= 0.6 is 0 Å². The monoisotopic (exact) mass is 1010 g/mol. The summed E-state index contributed by atoms with van der Waals surface area (Å²) in [7, 11) is 0. The minimum atomic E-state index is -1.82. The van der Waals surface area contributed by atoms with Gasteiger partial charge in [-0.25, -0.2) is 0 Å². The van der Waals surface area contributed by atoms with Crippen LogP contribution in [0.15, 0.2) is 152 Å². The first-order chi connectivity index (χ1) is 33.0. The van der Waals surface area contributed by atoms with E-state index >= 15 is 0 Å². The molecule has 0 saturated heterocycles. The quantitative estimate of drug-likeness (QED) is 0.0457. The standard InChI is InChI=1S/5C10H8O4.V/c5*11-8(6-9(12)10(13)14)7-4-2-1-3-5-7;/h5*1-5H,6H2,(H,13,14);/q;;;;;+5/p-5. The maximum Gasteiger partial charge on any atom is 5.00 e. The van der Waals surface area contributed by atoms with E-state index in [1.807, 2.05) is 0 Å². The van der Waals surface area contributed by atoms with Gasteiger partial charge in [-0.15, -0.1) is 0 Å². The fourth-order valence-electron chi connectivity index (χ4n) is 4.72. The zero-order valence-corrected chi connectivity index (χ0v) is 38.0. The number of carboxylic acids is 5. The van der Waals surface area contributed by atoms with Crippen molar-refractivity contribution in [1.29, 1.82) is 0 Å². The van der Waals surface area contributed by atoms with Crippen LogP contribution in [0.3, 0.4) is 0 Å². The number of ketones is 10. The molecule has 0 amide bonds. The van der Waals surface area contributed by atoms with Gasteiger partial charge in [0.15, 0.2) is 57.8 Å². The second-order valence-electron chi connectivity index (χ2n) is 13.4. The summed E-state index contributed by atoms with van der Waals surface area (Å²) < 4.78 is 0. The van der Waals surface area contributed by atoms with Gasteiger partial charge in [-0.1, -0.05) is 152 Å². The molecule has 5 rings (SSSR count). The van der Waals surface area contributed by atoms with E-state index in [2.05, 4.69) is 0 Å². The minimum absolute atomic E-state index is 0. The number of rotatable bonds is 20. The molecule has 20 nitrogen and oxygen atoms in total. The van der Waals surface area contributed by atoms with Crippen LogP contribution in [0.25, 0.3) is 0 Å². The van der Waals surface area contributed by atoms with E-state index in [0.29, 0.717) is 27.8 Å². The zero-order chi connectivity index (χ0) is 52.8. The van der Waals surface area contributed by atoms with Crippen LogP contribution in [-0.2, 0) is 66.5 Å². The van der Waals surface area contributed by atoms with E-state index in [1.165, 1.54) is 60.7 Å². The molecule has 0 heterocycles. The number of aliphatic carboxylic acids is 5. The fraction of sp³-hybridized carbons (Fsp3) is 0.100. The maximum absolute atomic E-state index is 11.2. The molecule has 0 aromatic heterocycles. The Bertz CT molecular complexity index is 2280. The predicted octanol–water partition coefficient (Wildman–Crippen LogP) is -2.11. The summed E-state index contributed by atoms with van der Waals surface area (Å²) in [6, 6.07) is 40.1. The van der Waals surface area contributed by atoms with Crippen LogP contribution in [0.5, 0.6) is 0 Å². The molecule has 0 unspecified atom stereocenters. The molecule has 5 aromatic rings. The van der Waals surface area contributed by atoms with Gasteiger partial charge in [0, 0.05) is 27.8 Å². The number of Topliss-reactive ketones (excluding diaryl/α,β-unsaturated/α-hetero) is 10. The molecule has 0 aliphatic rings. The van der Waals surface area contributed by atoms with Gasteiger partial charge >= 0.3 is 18.6 Å². The molecule has 0 N–H and O–H groups in total. The molecular weight excluding hydrogens is 971 g/mol. The van der Waals surface area contributed by atoms with Crippen molar-refractivity contribution in [3.8, 4) is 0 Å². The Morgan fingerprint density at radius 2 is 0.338 bits per heavy atom. The predicted molar refractivity (Wildman–Crippen MR) is 227 cm³/mol. The number of carbonyl (C=O) groups is 15. The summed E-state index contributed by atoms with van der Waals surface area (Å²) in [5.41, 5.74) is 1.61. The number of hydrogen-bond donors (Lipinski definition) is 0. The van der Waals surface area contributed by atoms with Gasteiger partial charge in [-0.2, -0.15) is 0 Å². The molecule has 0 fully saturated rings. The summed E-state index contributed by atoms with van der Waals surface area (Å²) in [4.78, 5) is 160. The molecule has 0 aliphatic carbocycles. The van der Waals surface area contributed by atoms with Crippen molar-refractivity contribution in [3.63, 3.8) is 0 Å². The van der Waals surface area contributed by atoms with E-state index in [4.69, 9.17) is 0 Å². The van der Waals surface area contributed by atoms with Gasteiger partial charge < -0.3 is 49.5 Å².